The molecule has 6 atom stereocenters. The molecule has 2 spiro atoms. The lowest BCUT2D eigenvalue weighted by Crippen LogP contribution is -2.50. The summed E-state index contributed by atoms with van der Waals surface area (Å²) in [4.78, 5) is 0. The molecule has 3 aromatic carbocycles. The van der Waals surface area contributed by atoms with Crippen molar-refractivity contribution in [3.8, 4) is 0 Å². The Labute approximate surface area is 170 Å². The zero-order chi connectivity index (χ0) is 18.0. The molecule has 0 aromatic heterocycles. The highest BCUT2D eigenvalue weighted by Gasteiger charge is 2.73. The van der Waals surface area contributed by atoms with Gasteiger partial charge in [-0.2, -0.15) is 0 Å². The summed E-state index contributed by atoms with van der Waals surface area (Å²) in [6, 6.07) is 0. The fraction of sp³-hybridized carbons (Fsp3) is 0.517. The molecule has 0 amide bonds. The highest BCUT2D eigenvalue weighted by molar-refractivity contribution is 6.34. The maximum Gasteiger partial charge on any atom is 0.0249 e. The van der Waals surface area contributed by atoms with Crippen LogP contribution in [-0.4, -0.2) is 0 Å². The third-order valence-corrected chi connectivity index (χ3v) is 12.1. The van der Waals surface area contributed by atoms with E-state index in [-0.39, 0.29) is 0 Å². The van der Waals surface area contributed by atoms with E-state index >= 15 is 0 Å². The Morgan fingerprint density at radius 3 is 1.66 bits per heavy atom. The molecule has 0 saturated heterocycles. The van der Waals surface area contributed by atoms with Crippen LogP contribution >= 0.6 is 0 Å². The standard InChI is InChI=1S/C29H24/c1-2-12-8-10-28-16-6-4-14-18(16)22-20(14)21-15-5-7-17-19(15)23(21)27(26(22)28)29(17)11-9-13(3-1)25(29)24(12)28/h6-7,12-13,24-25H,1-5,8-11H2/t12?,13?,24?,25?,28-,29+. The van der Waals surface area contributed by atoms with Gasteiger partial charge in [0.25, 0.3) is 0 Å². The quantitative estimate of drug-likeness (QED) is 0.422. The van der Waals surface area contributed by atoms with Crippen LogP contribution in [-0.2, 0) is 23.7 Å². The van der Waals surface area contributed by atoms with E-state index in [0.29, 0.717) is 10.8 Å². The topological polar surface area (TPSA) is 0 Å². The van der Waals surface area contributed by atoms with E-state index in [1.807, 2.05) is 33.0 Å². The second-order valence-electron chi connectivity index (χ2n) is 12.1. The van der Waals surface area contributed by atoms with Gasteiger partial charge >= 0.3 is 0 Å². The van der Waals surface area contributed by atoms with Crippen LogP contribution in [0.25, 0.3) is 32.7 Å². The summed E-state index contributed by atoms with van der Waals surface area (Å²) >= 11 is 0. The molecule has 3 aromatic rings. The van der Waals surface area contributed by atoms with Crippen LogP contribution in [0, 0.1) is 23.7 Å². The van der Waals surface area contributed by atoms with Gasteiger partial charge in [-0.15, -0.1) is 0 Å². The van der Waals surface area contributed by atoms with Crippen LogP contribution in [0.5, 0.6) is 0 Å². The second kappa shape index (κ2) is 3.47. The van der Waals surface area contributed by atoms with Gasteiger partial charge in [-0.05, 0) is 128 Å². The first-order valence-corrected chi connectivity index (χ1v) is 12.5. The number of hydrogen-bond acceptors (Lipinski definition) is 0. The van der Waals surface area contributed by atoms with Crippen molar-refractivity contribution < 1.29 is 0 Å². The minimum Gasteiger partial charge on any atom is -0.0753 e. The lowest BCUT2D eigenvalue weighted by Gasteiger charge is -2.53. The van der Waals surface area contributed by atoms with E-state index in [1.165, 1.54) is 57.8 Å². The average Bonchev–Trinajstić information content (AvgIpc) is 3.46. The summed E-state index contributed by atoms with van der Waals surface area (Å²) in [6.45, 7) is 0. The van der Waals surface area contributed by atoms with Crippen molar-refractivity contribution in [1.82, 2.24) is 0 Å². The van der Waals surface area contributed by atoms with E-state index in [9.17, 15) is 0 Å². The van der Waals surface area contributed by atoms with Gasteiger partial charge < -0.3 is 0 Å². The SMILES string of the molecule is C1=C2c3c(c4c3c3c5c6c7c(c64)CC=C7[C@]54CCC5CCCC6CC[C@]23C6C54)C1. The molecule has 4 unspecified atom stereocenters. The zero-order valence-corrected chi connectivity index (χ0v) is 16.8. The van der Waals surface area contributed by atoms with E-state index < -0.39 is 0 Å². The molecular formula is C29H24. The average molecular weight is 373 g/mol. The van der Waals surface area contributed by atoms with E-state index in [1.54, 1.807) is 33.0 Å². The first-order valence-electron chi connectivity index (χ1n) is 12.5. The van der Waals surface area contributed by atoms with Crippen LogP contribution in [0.3, 0.4) is 0 Å². The van der Waals surface area contributed by atoms with Crippen molar-refractivity contribution in [2.75, 3.05) is 0 Å². The lowest BCUT2D eigenvalue weighted by molar-refractivity contribution is 0.128. The third kappa shape index (κ3) is 0.903. The van der Waals surface area contributed by atoms with Crippen molar-refractivity contribution in [1.29, 1.82) is 0 Å². The molecule has 8 aliphatic carbocycles. The zero-order valence-electron chi connectivity index (χ0n) is 16.8. The molecule has 140 valence electrons. The first kappa shape index (κ1) is 13.5. The summed E-state index contributed by atoms with van der Waals surface area (Å²) in [5.74, 6) is 3.92. The summed E-state index contributed by atoms with van der Waals surface area (Å²) in [7, 11) is 0. The second-order valence-corrected chi connectivity index (χ2v) is 12.1. The highest BCUT2D eigenvalue weighted by atomic mass is 14.8. The number of fused-ring (bicyclic) bond motifs is 3. The van der Waals surface area contributed by atoms with E-state index in [0.717, 1.165) is 23.7 Å². The summed E-state index contributed by atoms with van der Waals surface area (Å²) < 4.78 is 0. The molecule has 3 fully saturated rings. The largest absolute Gasteiger partial charge is 0.0753 e. The van der Waals surface area contributed by atoms with Gasteiger partial charge in [0.2, 0.25) is 0 Å². The fourth-order valence-corrected chi connectivity index (χ4v) is 11.9. The normalized spacial score (nSPS) is 45.4. The number of allylic oxidation sites excluding steroid dienone is 4. The number of rotatable bonds is 0. The summed E-state index contributed by atoms with van der Waals surface area (Å²) in [5, 5.41) is 7.19. The van der Waals surface area contributed by atoms with Crippen molar-refractivity contribution >= 4 is 32.7 Å². The predicted molar refractivity (Wildman–Crippen MR) is 117 cm³/mol. The molecule has 0 radical (unpaired) electrons. The number of benzene rings is 1. The molecule has 3 saturated carbocycles. The molecule has 0 aliphatic heterocycles. The van der Waals surface area contributed by atoms with Gasteiger partial charge in [0.05, 0.1) is 0 Å². The van der Waals surface area contributed by atoms with Gasteiger partial charge in [-0.25, -0.2) is 0 Å². The molecule has 0 heteroatoms. The van der Waals surface area contributed by atoms with Gasteiger partial charge in [0, 0.05) is 10.8 Å². The van der Waals surface area contributed by atoms with Crippen LogP contribution in [0.2, 0.25) is 0 Å². The Morgan fingerprint density at radius 1 is 0.621 bits per heavy atom. The summed E-state index contributed by atoms with van der Waals surface area (Å²) in [6.07, 6.45) is 18.6. The van der Waals surface area contributed by atoms with Crippen LogP contribution < -0.4 is 0 Å². The van der Waals surface area contributed by atoms with Crippen molar-refractivity contribution in [3.05, 3.63) is 45.5 Å². The van der Waals surface area contributed by atoms with Crippen LogP contribution in [0.1, 0.15) is 78.3 Å². The molecule has 8 aliphatic rings. The predicted octanol–water partition coefficient (Wildman–Crippen LogP) is 6.50. The number of hydrogen-bond donors (Lipinski definition) is 0. The Kier molecular flexibility index (Phi) is 1.61. The molecule has 0 bridgehead atoms. The third-order valence-electron chi connectivity index (χ3n) is 12.1. The Morgan fingerprint density at radius 2 is 1.14 bits per heavy atom. The van der Waals surface area contributed by atoms with Crippen molar-refractivity contribution in [3.63, 3.8) is 0 Å². The van der Waals surface area contributed by atoms with Crippen molar-refractivity contribution in [2.24, 2.45) is 23.7 Å². The van der Waals surface area contributed by atoms with Gasteiger partial charge in [-0.3, -0.25) is 0 Å². The first-order chi connectivity index (χ1) is 14.4. The Balaban J connectivity index is 1.45. The molecule has 0 N–H and O–H groups in total. The van der Waals surface area contributed by atoms with Gasteiger partial charge in [0.15, 0.2) is 0 Å². The molecule has 0 heterocycles. The van der Waals surface area contributed by atoms with Crippen molar-refractivity contribution in [2.45, 2.75) is 68.6 Å². The minimum atomic E-state index is 0.448. The highest BCUT2D eigenvalue weighted by Crippen LogP contribution is 2.83. The molecular weight excluding hydrogens is 348 g/mol. The van der Waals surface area contributed by atoms with E-state index in [4.69, 9.17) is 0 Å². The maximum absolute atomic E-state index is 2.74. The molecule has 11 rings (SSSR count). The molecule has 29 heavy (non-hydrogen) atoms. The monoisotopic (exact) mass is 372 g/mol. The van der Waals surface area contributed by atoms with Crippen LogP contribution in [0.4, 0.5) is 0 Å². The van der Waals surface area contributed by atoms with Crippen LogP contribution in [0.15, 0.2) is 12.2 Å². The lowest BCUT2D eigenvalue weighted by atomic mass is 9.49. The van der Waals surface area contributed by atoms with Gasteiger partial charge in [-0.1, -0.05) is 31.4 Å². The maximum atomic E-state index is 2.74. The Bertz CT molecular complexity index is 1350. The minimum absolute atomic E-state index is 0.448. The molecule has 0 nitrogen and oxygen atoms in total. The van der Waals surface area contributed by atoms with Gasteiger partial charge in [0.1, 0.15) is 0 Å². The smallest absolute Gasteiger partial charge is 0.0249 e. The fourth-order valence-electron chi connectivity index (χ4n) is 11.9. The van der Waals surface area contributed by atoms with E-state index in [2.05, 4.69) is 12.2 Å². The summed E-state index contributed by atoms with van der Waals surface area (Å²) in [5.41, 5.74) is 15.7. The Hall–Kier alpha value is -1.82.